The average molecular weight is 1030 g/mol. The van der Waals surface area contributed by atoms with Crippen molar-refractivity contribution < 1.29 is 48.4 Å². The Labute approximate surface area is 362 Å². The molecule has 0 spiro atoms. The number of carbonyl (C=O) groups excluding carboxylic acids is 4. The molecule has 4 amide bonds. The van der Waals surface area contributed by atoms with Crippen molar-refractivity contribution in [2.75, 3.05) is 6.61 Å². The van der Waals surface area contributed by atoms with Crippen molar-refractivity contribution in [3.63, 3.8) is 0 Å². The van der Waals surface area contributed by atoms with E-state index in [9.17, 15) is 34.2 Å². The zero-order valence-corrected chi connectivity index (χ0v) is 37.1. The van der Waals surface area contributed by atoms with E-state index in [1.807, 2.05) is 54.6 Å². The number of rotatable bonds is 14. The standard InChI is InChI=1S/C40H47Br2IN4O10/c1-4-6-13-29(46-40(54)56-21-23-11-9-8-10-12-23)36(49)44-30-18-25-17-28(43)34(48)32(20-25)57-35-26(41)15-24(16-27(35)42)19-31(39(52)53)45-38(51)33(47-37(30)50)22(3)55-14-7-5-2/h8-12,15-17,20,22,29-31,33,48H,4-7,13-14,18-19,21H2,1-3H3,(H,44,49)(H,45,51)(H,46,54)(H,47,50)(H,52,53)/t22?,29?,30-,31-,33-/m0/s1. The van der Waals surface area contributed by atoms with Crippen molar-refractivity contribution >= 4 is 84.2 Å². The third-order valence-corrected chi connectivity index (χ3v) is 11.1. The second-order valence-electron chi connectivity index (χ2n) is 13.6. The first-order chi connectivity index (χ1) is 27.2. The number of hydrogen-bond acceptors (Lipinski definition) is 9. The lowest BCUT2D eigenvalue weighted by Crippen LogP contribution is -2.61. The fourth-order valence-electron chi connectivity index (χ4n) is 5.92. The molecule has 4 bridgehead atoms. The van der Waals surface area contributed by atoms with Crippen molar-refractivity contribution in [1.29, 1.82) is 0 Å². The van der Waals surface area contributed by atoms with Crippen LogP contribution in [0.1, 0.15) is 69.6 Å². The van der Waals surface area contributed by atoms with Crippen LogP contribution in [0.4, 0.5) is 4.79 Å². The number of benzene rings is 3. The van der Waals surface area contributed by atoms with E-state index in [0.717, 1.165) is 12.0 Å². The van der Waals surface area contributed by atoms with Crippen LogP contribution in [0.15, 0.2) is 63.5 Å². The Balaban J connectivity index is 1.75. The van der Waals surface area contributed by atoms with Crippen LogP contribution in [0.25, 0.3) is 0 Å². The first kappa shape index (κ1) is 45.8. The van der Waals surface area contributed by atoms with E-state index < -0.39 is 60.1 Å². The van der Waals surface area contributed by atoms with Gasteiger partial charge in [0.05, 0.1) is 18.6 Å². The molecular formula is C40H47Br2IN4O10. The Morgan fingerprint density at radius 1 is 0.965 bits per heavy atom. The number of alkyl carbamates (subject to hydrolysis) is 1. The van der Waals surface area contributed by atoms with Gasteiger partial charge < -0.3 is 45.7 Å². The first-order valence-corrected chi connectivity index (χ1v) is 21.3. The molecule has 3 aromatic carbocycles. The molecule has 2 aliphatic rings. The summed E-state index contributed by atoms with van der Waals surface area (Å²) in [7, 11) is 0. The van der Waals surface area contributed by atoms with E-state index in [1.54, 1.807) is 37.3 Å². The number of phenols is 1. The fourth-order valence-corrected chi connectivity index (χ4v) is 8.03. The van der Waals surface area contributed by atoms with Gasteiger partial charge in [0, 0.05) is 19.4 Å². The number of aromatic hydroxyl groups is 1. The van der Waals surface area contributed by atoms with Crippen molar-refractivity contribution in [2.45, 2.75) is 103 Å². The van der Waals surface area contributed by atoms with Gasteiger partial charge in [0.25, 0.3) is 0 Å². The molecule has 0 aliphatic carbocycles. The van der Waals surface area contributed by atoms with Crippen molar-refractivity contribution in [3.8, 4) is 17.2 Å². The molecule has 14 nitrogen and oxygen atoms in total. The van der Waals surface area contributed by atoms with Gasteiger partial charge in [0.1, 0.15) is 30.8 Å². The maximum Gasteiger partial charge on any atom is 0.408 e. The lowest BCUT2D eigenvalue weighted by molar-refractivity contribution is -0.143. The van der Waals surface area contributed by atoms with Crippen molar-refractivity contribution in [1.82, 2.24) is 21.3 Å². The number of carbonyl (C=O) groups is 5. The van der Waals surface area contributed by atoms with Crippen molar-refractivity contribution in [2.24, 2.45) is 0 Å². The number of nitrogens with one attached hydrogen (secondary N) is 4. The second-order valence-corrected chi connectivity index (χ2v) is 16.5. The summed E-state index contributed by atoms with van der Waals surface area (Å²) in [6.07, 6.45) is 0.964. The molecule has 57 heavy (non-hydrogen) atoms. The highest BCUT2D eigenvalue weighted by molar-refractivity contribution is 14.1. The average Bonchev–Trinajstić information content (AvgIpc) is 3.17. The smallest absolute Gasteiger partial charge is 0.408 e. The van der Waals surface area contributed by atoms with E-state index >= 15 is 0 Å². The lowest BCUT2D eigenvalue weighted by atomic mass is 10.0. The van der Waals surface area contributed by atoms with E-state index in [-0.39, 0.29) is 49.7 Å². The number of hydrogen-bond donors (Lipinski definition) is 6. The van der Waals surface area contributed by atoms with Gasteiger partial charge >= 0.3 is 12.1 Å². The topological polar surface area (TPSA) is 202 Å². The van der Waals surface area contributed by atoms with Crippen LogP contribution in [0.5, 0.6) is 17.2 Å². The number of carboxylic acid groups (broad SMARTS) is 1. The maximum absolute atomic E-state index is 14.4. The number of aliphatic carboxylic acids is 1. The number of fused-ring (bicyclic) bond motifs is 10. The number of halogens is 3. The molecule has 2 heterocycles. The monoisotopic (exact) mass is 1030 g/mol. The van der Waals surface area contributed by atoms with Gasteiger partial charge in [-0.3, -0.25) is 14.4 Å². The minimum absolute atomic E-state index is 0.0222. The van der Waals surface area contributed by atoms with Crippen molar-refractivity contribution in [3.05, 3.63) is 83.8 Å². The molecule has 0 saturated heterocycles. The van der Waals surface area contributed by atoms with Gasteiger partial charge in [-0.2, -0.15) is 0 Å². The SMILES string of the molecule is CCCCOC(C)[C@@H]1NC(=O)[C@@H](NC(=O)C(CCCC)NC(=O)OCc2ccccc2)Cc2cc(I)c(O)c(c2)Oc2c(Br)cc(cc2Br)C[C@@H](C(=O)O)NC1=O. The number of carboxylic acids is 1. The van der Waals surface area contributed by atoms with Crippen LogP contribution in [0, 0.1) is 3.57 Å². The quantitative estimate of drug-likeness (QED) is 0.0751. The number of ether oxygens (including phenoxy) is 3. The molecule has 0 saturated carbocycles. The zero-order valence-electron chi connectivity index (χ0n) is 31.7. The van der Waals surface area contributed by atoms with Gasteiger partial charge in [-0.05, 0) is 115 Å². The molecule has 5 rings (SSSR count). The molecular weight excluding hydrogens is 983 g/mol. The zero-order chi connectivity index (χ0) is 41.6. The Morgan fingerprint density at radius 3 is 2.28 bits per heavy atom. The molecule has 17 heteroatoms. The highest BCUT2D eigenvalue weighted by Crippen LogP contribution is 2.42. The van der Waals surface area contributed by atoms with Gasteiger partial charge in [-0.15, -0.1) is 0 Å². The van der Waals surface area contributed by atoms with Crippen LogP contribution in [-0.4, -0.2) is 76.9 Å². The first-order valence-electron chi connectivity index (χ1n) is 18.6. The van der Waals surface area contributed by atoms with Gasteiger partial charge in [-0.25, -0.2) is 9.59 Å². The molecule has 3 aromatic rings. The molecule has 0 fully saturated rings. The van der Waals surface area contributed by atoms with E-state index in [0.29, 0.717) is 42.9 Å². The minimum Gasteiger partial charge on any atom is -0.504 e. The van der Waals surface area contributed by atoms with E-state index in [2.05, 4.69) is 53.1 Å². The molecule has 0 radical (unpaired) electrons. The number of unbranched alkanes of at least 4 members (excludes halogenated alkanes) is 2. The summed E-state index contributed by atoms with van der Waals surface area (Å²) >= 11 is 8.91. The summed E-state index contributed by atoms with van der Waals surface area (Å²) in [5, 5.41) is 31.9. The molecule has 0 aromatic heterocycles. The molecule has 6 N–H and O–H groups in total. The summed E-state index contributed by atoms with van der Waals surface area (Å²) in [5.74, 6) is -3.45. The molecule has 2 unspecified atom stereocenters. The van der Waals surface area contributed by atoms with Crippen LogP contribution in [0.3, 0.4) is 0 Å². The summed E-state index contributed by atoms with van der Waals surface area (Å²) in [6.45, 7) is 5.75. The largest absolute Gasteiger partial charge is 0.504 e. The normalized spacial score (nSPS) is 18.2. The molecule has 308 valence electrons. The number of amides is 4. The summed E-state index contributed by atoms with van der Waals surface area (Å²) in [5.41, 5.74) is 1.75. The number of phenolic OH excluding ortho intramolecular Hbond substituents is 1. The van der Waals surface area contributed by atoms with Crippen LogP contribution < -0.4 is 26.0 Å². The highest BCUT2D eigenvalue weighted by Gasteiger charge is 2.35. The Bertz CT molecular complexity index is 1880. The predicted molar refractivity (Wildman–Crippen MR) is 227 cm³/mol. The van der Waals surface area contributed by atoms with Gasteiger partial charge in [0.2, 0.25) is 17.7 Å². The third-order valence-electron chi connectivity index (χ3n) is 9.08. The fraction of sp³-hybridized carbons (Fsp3) is 0.425. The minimum atomic E-state index is -1.41. The van der Waals surface area contributed by atoms with Crippen LogP contribution in [-0.2, 0) is 48.1 Å². The third kappa shape index (κ3) is 13.6. The van der Waals surface area contributed by atoms with Crippen LogP contribution >= 0.6 is 54.5 Å². The Hall–Kier alpha value is -3.94. The predicted octanol–water partition coefficient (Wildman–Crippen LogP) is 6.64. The Kier molecular flexibility index (Phi) is 17.9. The Morgan fingerprint density at radius 2 is 1.63 bits per heavy atom. The lowest BCUT2D eigenvalue weighted by Gasteiger charge is -2.29. The van der Waals surface area contributed by atoms with E-state index in [4.69, 9.17) is 14.2 Å². The second kappa shape index (κ2) is 22.3. The van der Waals surface area contributed by atoms with Gasteiger partial charge in [-0.1, -0.05) is 63.4 Å². The van der Waals surface area contributed by atoms with Gasteiger partial charge in [0.15, 0.2) is 17.2 Å². The summed E-state index contributed by atoms with van der Waals surface area (Å²) in [4.78, 5) is 67.8. The van der Waals surface area contributed by atoms with E-state index in [1.165, 1.54) is 6.07 Å². The summed E-state index contributed by atoms with van der Waals surface area (Å²) < 4.78 is 18.7. The highest BCUT2D eigenvalue weighted by atomic mass is 127. The summed E-state index contributed by atoms with van der Waals surface area (Å²) in [6, 6.07) is 10.3. The van der Waals surface area contributed by atoms with Crippen LogP contribution in [0.2, 0.25) is 0 Å². The molecule has 2 aliphatic heterocycles. The maximum atomic E-state index is 14.4. The molecule has 5 atom stereocenters.